The largest absolute Gasteiger partial charge is 0.376 e. The van der Waals surface area contributed by atoms with Crippen molar-refractivity contribution in [2.75, 3.05) is 18.1 Å². The quantitative estimate of drug-likeness (QED) is 0.737. The van der Waals surface area contributed by atoms with Gasteiger partial charge in [0.1, 0.15) is 0 Å². The van der Waals surface area contributed by atoms with Gasteiger partial charge in [0.05, 0.1) is 22.4 Å². The standard InChI is InChI=1S/C9H17BrO3S/c1-7(2)3-4-13-9-6-14(11,12)5-8(9)10/h7-9H,3-6H2,1-2H3. The fourth-order valence-electron chi connectivity index (χ4n) is 1.38. The lowest BCUT2D eigenvalue weighted by molar-refractivity contribution is 0.0678. The maximum absolute atomic E-state index is 11.2. The molecule has 0 N–H and O–H groups in total. The Morgan fingerprint density at radius 3 is 2.50 bits per heavy atom. The van der Waals surface area contributed by atoms with Crippen molar-refractivity contribution in [1.82, 2.24) is 0 Å². The summed E-state index contributed by atoms with van der Waals surface area (Å²) >= 11 is 3.34. The molecule has 14 heavy (non-hydrogen) atoms. The second-order valence-corrected chi connectivity index (χ2v) is 7.51. The van der Waals surface area contributed by atoms with E-state index in [1.54, 1.807) is 0 Å². The third-order valence-electron chi connectivity index (χ3n) is 2.26. The molecule has 1 saturated heterocycles. The summed E-state index contributed by atoms with van der Waals surface area (Å²) in [6.07, 6.45) is 0.828. The lowest BCUT2D eigenvalue weighted by Crippen LogP contribution is -2.23. The van der Waals surface area contributed by atoms with Gasteiger partial charge in [-0.25, -0.2) is 8.42 Å². The van der Waals surface area contributed by atoms with E-state index in [0.717, 1.165) is 6.42 Å². The number of ether oxygens (including phenoxy) is 1. The molecule has 0 spiro atoms. The number of rotatable bonds is 4. The molecule has 1 fully saturated rings. The smallest absolute Gasteiger partial charge is 0.154 e. The monoisotopic (exact) mass is 284 g/mol. The predicted molar refractivity (Wildman–Crippen MR) is 60.6 cm³/mol. The number of hydrogen-bond acceptors (Lipinski definition) is 3. The highest BCUT2D eigenvalue weighted by Crippen LogP contribution is 2.22. The summed E-state index contributed by atoms with van der Waals surface area (Å²) in [5.74, 6) is 0.974. The zero-order chi connectivity index (χ0) is 10.8. The van der Waals surface area contributed by atoms with Crippen LogP contribution in [0.1, 0.15) is 20.3 Å². The van der Waals surface area contributed by atoms with Crippen LogP contribution in [0.15, 0.2) is 0 Å². The van der Waals surface area contributed by atoms with Gasteiger partial charge in [-0.15, -0.1) is 0 Å². The van der Waals surface area contributed by atoms with Crippen LogP contribution in [0.5, 0.6) is 0 Å². The van der Waals surface area contributed by atoms with Gasteiger partial charge in [0.15, 0.2) is 9.84 Å². The first-order valence-corrected chi connectivity index (χ1v) is 7.60. The minimum atomic E-state index is -2.87. The molecular formula is C9H17BrO3S. The zero-order valence-electron chi connectivity index (χ0n) is 8.57. The first kappa shape index (κ1) is 12.5. The van der Waals surface area contributed by atoms with Crippen molar-refractivity contribution in [1.29, 1.82) is 0 Å². The molecule has 0 aromatic carbocycles. The molecule has 1 aliphatic rings. The molecule has 3 nitrogen and oxygen atoms in total. The fraction of sp³-hybridized carbons (Fsp3) is 1.00. The maximum Gasteiger partial charge on any atom is 0.154 e. The van der Waals surface area contributed by atoms with Crippen LogP contribution in [0.2, 0.25) is 0 Å². The Morgan fingerprint density at radius 2 is 2.07 bits per heavy atom. The Bertz CT molecular complexity index is 274. The van der Waals surface area contributed by atoms with Gasteiger partial charge >= 0.3 is 0 Å². The summed E-state index contributed by atoms with van der Waals surface area (Å²) in [5, 5.41) is 0. The lowest BCUT2D eigenvalue weighted by atomic mass is 10.1. The summed E-state index contributed by atoms with van der Waals surface area (Å²) in [5.41, 5.74) is 0. The number of hydrogen-bond donors (Lipinski definition) is 0. The van der Waals surface area contributed by atoms with Gasteiger partial charge in [0.25, 0.3) is 0 Å². The Hall–Kier alpha value is 0.390. The Labute approximate surface area is 94.3 Å². The molecule has 1 aliphatic heterocycles. The summed E-state index contributed by atoms with van der Waals surface area (Å²) < 4.78 is 28.0. The molecule has 1 heterocycles. The molecule has 84 valence electrons. The minimum Gasteiger partial charge on any atom is -0.376 e. The van der Waals surface area contributed by atoms with Crippen molar-refractivity contribution in [3.05, 3.63) is 0 Å². The van der Waals surface area contributed by atoms with Crippen molar-refractivity contribution < 1.29 is 13.2 Å². The maximum atomic E-state index is 11.2. The first-order chi connectivity index (χ1) is 6.41. The summed E-state index contributed by atoms with van der Waals surface area (Å²) in [4.78, 5) is -0.0281. The van der Waals surface area contributed by atoms with E-state index < -0.39 is 9.84 Å². The molecular weight excluding hydrogens is 268 g/mol. The van der Waals surface area contributed by atoms with E-state index in [1.807, 2.05) is 0 Å². The van der Waals surface area contributed by atoms with Gasteiger partial charge in [0, 0.05) is 6.61 Å². The van der Waals surface area contributed by atoms with Crippen molar-refractivity contribution in [2.24, 2.45) is 5.92 Å². The molecule has 0 radical (unpaired) electrons. The molecule has 2 atom stereocenters. The van der Waals surface area contributed by atoms with Crippen molar-refractivity contribution in [3.63, 3.8) is 0 Å². The molecule has 5 heteroatoms. The van der Waals surface area contributed by atoms with E-state index in [9.17, 15) is 8.42 Å². The SMILES string of the molecule is CC(C)CCOC1CS(=O)(=O)CC1Br. The highest BCUT2D eigenvalue weighted by Gasteiger charge is 2.36. The molecule has 0 aromatic rings. The fourth-order valence-corrected chi connectivity index (χ4v) is 4.84. The van der Waals surface area contributed by atoms with Crippen LogP contribution in [0.25, 0.3) is 0 Å². The topological polar surface area (TPSA) is 43.4 Å². The predicted octanol–water partition coefficient (Wildman–Crippen LogP) is 1.61. The average Bonchev–Trinajstić information content (AvgIpc) is 2.24. The van der Waals surface area contributed by atoms with Crippen LogP contribution >= 0.6 is 15.9 Å². The van der Waals surface area contributed by atoms with E-state index in [1.165, 1.54) is 0 Å². The average molecular weight is 285 g/mol. The second-order valence-electron chi connectivity index (χ2n) is 4.18. The summed E-state index contributed by atoms with van der Waals surface area (Å²) in [6.45, 7) is 4.90. The van der Waals surface area contributed by atoms with Gasteiger partial charge in [-0.05, 0) is 12.3 Å². The summed E-state index contributed by atoms with van der Waals surface area (Å²) in [7, 11) is -2.87. The van der Waals surface area contributed by atoms with E-state index in [4.69, 9.17) is 4.74 Å². The lowest BCUT2D eigenvalue weighted by Gasteiger charge is -2.14. The highest BCUT2D eigenvalue weighted by molar-refractivity contribution is 9.09. The van der Waals surface area contributed by atoms with E-state index in [-0.39, 0.29) is 22.4 Å². The Morgan fingerprint density at radius 1 is 1.43 bits per heavy atom. The third kappa shape index (κ3) is 3.87. The minimum absolute atomic E-state index is 0.0281. The number of sulfone groups is 1. The van der Waals surface area contributed by atoms with Gasteiger partial charge in [-0.2, -0.15) is 0 Å². The van der Waals surface area contributed by atoms with Gasteiger partial charge < -0.3 is 4.74 Å². The van der Waals surface area contributed by atoms with Gasteiger partial charge in [0.2, 0.25) is 0 Å². The Balaban J connectivity index is 2.33. The molecule has 0 aromatic heterocycles. The van der Waals surface area contributed by atoms with Gasteiger partial charge in [-0.1, -0.05) is 29.8 Å². The van der Waals surface area contributed by atoms with Crippen molar-refractivity contribution >= 4 is 25.8 Å². The number of halogens is 1. The van der Waals surface area contributed by atoms with Crippen LogP contribution in [0.4, 0.5) is 0 Å². The summed E-state index contributed by atoms with van der Waals surface area (Å²) in [6, 6.07) is 0. The molecule has 0 aliphatic carbocycles. The van der Waals surface area contributed by atoms with Crippen LogP contribution < -0.4 is 0 Å². The van der Waals surface area contributed by atoms with E-state index in [2.05, 4.69) is 29.8 Å². The molecule has 0 saturated carbocycles. The van der Waals surface area contributed by atoms with Gasteiger partial charge in [-0.3, -0.25) is 0 Å². The molecule has 2 unspecified atom stereocenters. The Kier molecular flexibility index (Phi) is 4.40. The molecule has 1 rings (SSSR count). The molecule has 0 amide bonds. The zero-order valence-corrected chi connectivity index (χ0v) is 11.0. The van der Waals surface area contributed by atoms with Crippen molar-refractivity contribution in [2.45, 2.75) is 31.2 Å². The van der Waals surface area contributed by atoms with Crippen LogP contribution in [-0.4, -0.2) is 37.5 Å². The third-order valence-corrected chi connectivity index (χ3v) is 5.31. The van der Waals surface area contributed by atoms with Crippen molar-refractivity contribution in [3.8, 4) is 0 Å². The first-order valence-electron chi connectivity index (χ1n) is 4.87. The second kappa shape index (κ2) is 4.94. The van der Waals surface area contributed by atoms with Crippen LogP contribution in [-0.2, 0) is 14.6 Å². The van der Waals surface area contributed by atoms with E-state index in [0.29, 0.717) is 12.5 Å². The van der Waals surface area contributed by atoms with Crippen LogP contribution in [0.3, 0.4) is 0 Å². The van der Waals surface area contributed by atoms with E-state index >= 15 is 0 Å². The highest BCUT2D eigenvalue weighted by atomic mass is 79.9. The van der Waals surface area contributed by atoms with Crippen LogP contribution in [0, 0.1) is 5.92 Å². The normalized spacial score (nSPS) is 31.1. The number of alkyl halides is 1. The molecule has 0 bridgehead atoms.